The third-order valence-electron chi connectivity index (χ3n) is 5.86. The molecule has 0 fully saturated rings. The topological polar surface area (TPSA) is 36.1 Å². The third kappa shape index (κ3) is 3.55. The zero-order chi connectivity index (χ0) is 19.7. The summed E-state index contributed by atoms with van der Waals surface area (Å²) in [4.78, 5) is 18.9. The molecule has 2 aromatic carbocycles. The predicted molar refractivity (Wildman–Crippen MR) is 117 cm³/mol. The standard InChI is InChI=1S/C25H28N2O/c1-4-18-6-5-7-20(14-18)25(28)21-8-9-24-22(15-21)23(16-26-24)19-10-12-27(13-11-19)17(2)3/h5-10,14-17,26H,4,11-13H2,1-3H3. The van der Waals surface area contributed by atoms with Gasteiger partial charge in [0.15, 0.2) is 5.78 Å². The number of aromatic nitrogens is 1. The zero-order valence-electron chi connectivity index (χ0n) is 17.0. The molecule has 1 aliphatic rings. The first-order valence-corrected chi connectivity index (χ1v) is 10.2. The summed E-state index contributed by atoms with van der Waals surface area (Å²) in [6, 6.07) is 14.5. The number of carbonyl (C=O) groups is 1. The minimum atomic E-state index is 0.0907. The quantitative estimate of drug-likeness (QED) is 0.604. The molecule has 1 aromatic heterocycles. The highest BCUT2D eigenvalue weighted by Crippen LogP contribution is 2.30. The second-order valence-corrected chi connectivity index (χ2v) is 7.91. The second-order valence-electron chi connectivity index (χ2n) is 7.91. The molecule has 1 N–H and O–H groups in total. The van der Waals surface area contributed by atoms with Gasteiger partial charge in [0.2, 0.25) is 0 Å². The van der Waals surface area contributed by atoms with E-state index in [0.29, 0.717) is 6.04 Å². The van der Waals surface area contributed by atoms with Gasteiger partial charge in [0.1, 0.15) is 0 Å². The fraction of sp³-hybridized carbons (Fsp3) is 0.320. The van der Waals surface area contributed by atoms with Gasteiger partial charge in [-0.3, -0.25) is 9.69 Å². The van der Waals surface area contributed by atoms with E-state index < -0.39 is 0 Å². The van der Waals surface area contributed by atoms with Crippen LogP contribution in [0.3, 0.4) is 0 Å². The van der Waals surface area contributed by atoms with Crippen molar-refractivity contribution in [2.45, 2.75) is 39.7 Å². The summed E-state index contributed by atoms with van der Waals surface area (Å²) < 4.78 is 0. The van der Waals surface area contributed by atoms with Crippen LogP contribution < -0.4 is 0 Å². The minimum absolute atomic E-state index is 0.0907. The Kier molecular flexibility index (Phi) is 5.19. The van der Waals surface area contributed by atoms with Crippen molar-refractivity contribution in [1.29, 1.82) is 0 Å². The van der Waals surface area contributed by atoms with Crippen LogP contribution in [-0.2, 0) is 6.42 Å². The van der Waals surface area contributed by atoms with Crippen LogP contribution in [0.2, 0.25) is 0 Å². The van der Waals surface area contributed by atoms with Gasteiger partial charge >= 0.3 is 0 Å². The molecule has 28 heavy (non-hydrogen) atoms. The number of hydrogen-bond donors (Lipinski definition) is 1. The lowest BCUT2D eigenvalue weighted by Crippen LogP contribution is -2.34. The first-order valence-electron chi connectivity index (χ1n) is 10.2. The fourth-order valence-corrected chi connectivity index (χ4v) is 4.03. The molecule has 2 heterocycles. The van der Waals surface area contributed by atoms with E-state index in [0.717, 1.165) is 48.0 Å². The molecule has 0 radical (unpaired) electrons. The van der Waals surface area contributed by atoms with Gasteiger partial charge in [0.05, 0.1) is 0 Å². The molecule has 0 saturated heterocycles. The van der Waals surface area contributed by atoms with Gasteiger partial charge in [0, 0.05) is 52.9 Å². The number of H-pyrrole nitrogens is 1. The Morgan fingerprint density at radius 2 is 1.96 bits per heavy atom. The van der Waals surface area contributed by atoms with Crippen molar-refractivity contribution in [1.82, 2.24) is 9.88 Å². The number of carbonyl (C=O) groups excluding carboxylic acids is 1. The van der Waals surface area contributed by atoms with Crippen LogP contribution in [0.1, 0.15) is 54.2 Å². The summed E-state index contributed by atoms with van der Waals surface area (Å²) in [6.45, 7) is 8.67. The maximum atomic E-state index is 13.1. The molecule has 3 heteroatoms. The Hall–Kier alpha value is -2.65. The van der Waals surface area contributed by atoms with Gasteiger partial charge in [-0.1, -0.05) is 31.2 Å². The number of hydrogen-bond acceptors (Lipinski definition) is 2. The largest absolute Gasteiger partial charge is 0.361 e. The molecule has 4 rings (SSSR count). The number of ketones is 1. The Labute approximate surface area is 167 Å². The Morgan fingerprint density at radius 3 is 2.68 bits per heavy atom. The Morgan fingerprint density at radius 1 is 1.14 bits per heavy atom. The van der Waals surface area contributed by atoms with Gasteiger partial charge in [0.25, 0.3) is 0 Å². The first kappa shape index (κ1) is 18.7. The summed E-state index contributed by atoms with van der Waals surface area (Å²) in [5, 5.41) is 1.14. The predicted octanol–water partition coefficient (Wildman–Crippen LogP) is 5.46. The second kappa shape index (κ2) is 7.76. The summed E-state index contributed by atoms with van der Waals surface area (Å²) in [5.74, 6) is 0.0907. The number of aromatic amines is 1. The van der Waals surface area contributed by atoms with Crippen LogP contribution in [0.5, 0.6) is 0 Å². The van der Waals surface area contributed by atoms with Crippen molar-refractivity contribution in [3.05, 3.63) is 77.0 Å². The van der Waals surface area contributed by atoms with Crippen LogP contribution in [0, 0.1) is 0 Å². The third-order valence-corrected chi connectivity index (χ3v) is 5.86. The molecule has 0 unspecified atom stereocenters. The van der Waals surface area contributed by atoms with E-state index in [1.807, 2.05) is 30.3 Å². The lowest BCUT2D eigenvalue weighted by Gasteiger charge is -2.29. The number of fused-ring (bicyclic) bond motifs is 1. The molecular formula is C25H28N2O. The van der Waals surface area contributed by atoms with E-state index in [1.54, 1.807) is 0 Å². The lowest BCUT2D eigenvalue weighted by atomic mass is 9.95. The Balaban J connectivity index is 1.68. The molecular weight excluding hydrogens is 344 g/mol. The molecule has 0 atom stereocenters. The molecule has 0 aliphatic carbocycles. The van der Waals surface area contributed by atoms with Crippen LogP contribution in [-0.4, -0.2) is 34.8 Å². The molecule has 1 aliphatic heterocycles. The maximum Gasteiger partial charge on any atom is 0.193 e. The van der Waals surface area contributed by atoms with Crippen molar-refractivity contribution >= 4 is 22.3 Å². The zero-order valence-corrected chi connectivity index (χ0v) is 17.0. The van der Waals surface area contributed by atoms with Crippen molar-refractivity contribution in [3.8, 4) is 0 Å². The van der Waals surface area contributed by atoms with E-state index >= 15 is 0 Å². The SMILES string of the molecule is CCc1cccc(C(=O)c2ccc3[nH]cc(C4=CCN(C(C)C)CC4)c3c2)c1. The van der Waals surface area contributed by atoms with Gasteiger partial charge in [-0.15, -0.1) is 0 Å². The average molecular weight is 373 g/mol. The monoisotopic (exact) mass is 372 g/mol. The fourth-order valence-electron chi connectivity index (χ4n) is 4.03. The lowest BCUT2D eigenvalue weighted by molar-refractivity contribution is 0.103. The summed E-state index contributed by atoms with van der Waals surface area (Å²) >= 11 is 0. The molecule has 0 spiro atoms. The maximum absolute atomic E-state index is 13.1. The number of aryl methyl sites for hydroxylation is 1. The van der Waals surface area contributed by atoms with Crippen molar-refractivity contribution in [2.75, 3.05) is 13.1 Å². The van der Waals surface area contributed by atoms with Crippen molar-refractivity contribution in [2.24, 2.45) is 0 Å². The smallest absolute Gasteiger partial charge is 0.193 e. The van der Waals surface area contributed by atoms with E-state index in [-0.39, 0.29) is 5.78 Å². The summed E-state index contributed by atoms with van der Waals surface area (Å²) in [6.07, 6.45) is 6.41. The van der Waals surface area contributed by atoms with Gasteiger partial charge in [-0.25, -0.2) is 0 Å². The summed E-state index contributed by atoms with van der Waals surface area (Å²) in [7, 11) is 0. The average Bonchev–Trinajstić information content (AvgIpc) is 3.16. The molecule has 144 valence electrons. The highest BCUT2D eigenvalue weighted by molar-refractivity contribution is 6.11. The van der Waals surface area contributed by atoms with Crippen LogP contribution in [0.15, 0.2) is 54.7 Å². The number of nitrogens with one attached hydrogen (secondary N) is 1. The van der Waals surface area contributed by atoms with E-state index in [4.69, 9.17) is 0 Å². The molecule has 0 saturated carbocycles. The van der Waals surface area contributed by atoms with Crippen LogP contribution in [0.25, 0.3) is 16.5 Å². The van der Waals surface area contributed by atoms with Gasteiger partial charge in [-0.2, -0.15) is 0 Å². The van der Waals surface area contributed by atoms with E-state index in [1.165, 1.54) is 16.7 Å². The van der Waals surface area contributed by atoms with Crippen LogP contribution >= 0.6 is 0 Å². The highest BCUT2D eigenvalue weighted by atomic mass is 16.1. The van der Waals surface area contributed by atoms with Crippen LogP contribution in [0.4, 0.5) is 0 Å². The number of benzene rings is 2. The molecule has 0 bridgehead atoms. The first-order chi connectivity index (χ1) is 13.6. The van der Waals surface area contributed by atoms with E-state index in [2.05, 4.69) is 55.1 Å². The Bertz CT molecular complexity index is 1040. The van der Waals surface area contributed by atoms with Crippen molar-refractivity contribution in [3.63, 3.8) is 0 Å². The normalized spacial score (nSPS) is 15.2. The van der Waals surface area contributed by atoms with Gasteiger partial charge in [-0.05, 0) is 62.1 Å². The molecule has 0 amide bonds. The highest BCUT2D eigenvalue weighted by Gasteiger charge is 2.18. The van der Waals surface area contributed by atoms with Gasteiger partial charge < -0.3 is 4.98 Å². The van der Waals surface area contributed by atoms with Crippen molar-refractivity contribution < 1.29 is 4.79 Å². The molecule has 3 aromatic rings. The van der Waals surface area contributed by atoms with E-state index in [9.17, 15) is 4.79 Å². The molecule has 3 nitrogen and oxygen atoms in total. The number of nitrogens with zero attached hydrogens (tertiary/aromatic N) is 1. The summed E-state index contributed by atoms with van der Waals surface area (Å²) in [5.41, 5.74) is 6.40. The minimum Gasteiger partial charge on any atom is -0.361 e. The number of rotatable bonds is 5.